The number of alkyl halides is 2. The quantitative estimate of drug-likeness (QED) is 0.622. The summed E-state index contributed by atoms with van der Waals surface area (Å²) in [5.74, 6) is -0.651. The number of halogens is 3. The molecule has 2 fully saturated rings. The van der Waals surface area contributed by atoms with Gasteiger partial charge in [0.2, 0.25) is 20.0 Å². The molecule has 7 nitrogen and oxygen atoms in total. The molecule has 12 heteroatoms. The highest BCUT2D eigenvalue weighted by Crippen LogP contribution is 2.43. The van der Waals surface area contributed by atoms with Crippen molar-refractivity contribution in [3.05, 3.63) is 54.3 Å². The number of hydrogen-bond acceptors (Lipinski definition) is 5. The van der Waals surface area contributed by atoms with E-state index in [1.807, 2.05) is 0 Å². The van der Waals surface area contributed by atoms with Crippen molar-refractivity contribution >= 4 is 20.0 Å². The molecule has 0 unspecified atom stereocenters. The number of hydrogen-bond donors (Lipinski definition) is 0. The van der Waals surface area contributed by atoms with E-state index in [9.17, 15) is 30.0 Å². The van der Waals surface area contributed by atoms with Crippen LogP contribution in [-0.4, -0.2) is 58.2 Å². The van der Waals surface area contributed by atoms with Gasteiger partial charge in [-0.1, -0.05) is 0 Å². The van der Waals surface area contributed by atoms with Crippen LogP contribution in [0.1, 0.15) is 12.8 Å². The summed E-state index contributed by atoms with van der Waals surface area (Å²) in [6.45, 7) is -1.99. The molecule has 32 heavy (non-hydrogen) atoms. The van der Waals surface area contributed by atoms with E-state index in [2.05, 4.69) is 4.74 Å². The monoisotopic (exact) mass is 490 g/mol. The van der Waals surface area contributed by atoms with E-state index in [0.29, 0.717) is 12.8 Å². The first-order valence-electron chi connectivity index (χ1n) is 9.83. The van der Waals surface area contributed by atoms with Gasteiger partial charge in [-0.2, -0.15) is 17.4 Å². The average molecular weight is 491 g/mol. The minimum absolute atomic E-state index is 0.0203. The molecular weight excluding hydrogens is 469 g/mol. The second-order valence-electron chi connectivity index (χ2n) is 7.98. The van der Waals surface area contributed by atoms with Crippen molar-refractivity contribution in [1.82, 2.24) is 8.61 Å². The molecule has 0 amide bonds. The maximum absolute atomic E-state index is 13.1. The van der Waals surface area contributed by atoms with Crippen LogP contribution in [0.4, 0.5) is 13.2 Å². The van der Waals surface area contributed by atoms with Crippen LogP contribution >= 0.6 is 0 Å². The zero-order chi connectivity index (χ0) is 23.1. The zero-order valence-corrected chi connectivity index (χ0v) is 18.5. The molecule has 174 valence electrons. The third-order valence-electron chi connectivity index (χ3n) is 5.94. The van der Waals surface area contributed by atoms with E-state index in [-0.39, 0.29) is 47.1 Å². The minimum Gasteiger partial charge on any atom is -0.435 e. The molecule has 2 aromatic carbocycles. The van der Waals surface area contributed by atoms with Gasteiger partial charge in [0.25, 0.3) is 0 Å². The molecule has 0 radical (unpaired) electrons. The van der Waals surface area contributed by atoms with E-state index >= 15 is 0 Å². The fourth-order valence-electron chi connectivity index (χ4n) is 4.09. The largest absolute Gasteiger partial charge is 0.435 e. The SMILES string of the molecule is O=S(=O)(c1ccc(F)cc1)N1CCC2(CC1)CN(S(=O)(=O)c1ccc(OC(F)F)cc1)C2. The highest BCUT2D eigenvalue weighted by Gasteiger charge is 2.50. The van der Waals surface area contributed by atoms with E-state index in [1.54, 1.807) is 0 Å². The summed E-state index contributed by atoms with van der Waals surface area (Å²) in [6.07, 6.45) is 1.00. The summed E-state index contributed by atoms with van der Waals surface area (Å²) in [5.41, 5.74) is -0.305. The van der Waals surface area contributed by atoms with Gasteiger partial charge in [-0.15, -0.1) is 0 Å². The predicted molar refractivity (Wildman–Crippen MR) is 109 cm³/mol. The van der Waals surface area contributed by atoms with Crippen LogP contribution in [0.25, 0.3) is 0 Å². The van der Waals surface area contributed by atoms with Crippen molar-refractivity contribution in [2.24, 2.45) is 5.41 Å². The summed E-state index contributed by atoms with van der Waals surface area (Å²) in [4.78, 5) is -0.00257. The van der Waals surface area contributed by atoms with Crippen LogP contribution < -0.4 is 4.74 Å². The van der Waals surface area contributed by atoms with Gasteiger partial charge in [0, 0.05) is 31.6 Å². The first-order valence-corrected chi connectivity index (χ1v) is 12.7. The predicted octanol–water partition coefficient (Wildman–Crippen LogP) is 2.90. The van der Waals surface area contributed by atoms with Crippen LogP contribution in [0.3, 0.4) is 0 Å². The van der Waals surface area contributed by atoms with Gasteiger partial charge >= 0.3 is 6.61 Å². The minimum atomic E-state index is -3.79. The Morgan fingerprint density at radius 1 is 0.781 bits per heavy atom. The molecular formula is C20H21F3N2O5S2. The van der Waals surface area contributed by atoms with Crippen LogP contribution in [0.15, 0.2) is 58.3 Å². The standard InChI is InChI=1S/C20H21F3N2O5S2/c21-15-1-5-17(6-2-15)31(26,27)24-11-9-20(10-12-24)13-25(14-20)32(28,29)18-7-3-16(4-8-18)30-19(22)23/h1-8,19H,9-14H2. The lowest BCUT2D eigenvalue weighted by molar-refractivity contribution is -0.0498. The van der Waals surface area contributed by atoms with E-state index < -0.39 is 32.5 Å². The fourth-order valence-corrected chi connectivity index (χ4v) is 7.19. The molecule has 2 heterocycles. The van der Waals surface area contributed by atoms with E-state index in [4.69, 9.17) is 0 Å². The first kappa shape index (κ1) is 23.0. The number of benzene rings is 2. The van der Waals surface area contributed by atoms with E-state index in [0.717, 1.165) is 12.1 Å². The Balaban J connectivity index is 1.38. The average Bonchev–Trinajstić information content (AvgIpc) is 2.72. The summed E-state index contributed by atoms with van der Waals surface area (Å²) in [5, 5.41) is 0. The van der Waals surface area contributed by atoms with Crippen molar-refractivity contribution in [3.8, 4) is 5.75 Å². The summed E-state index contributed by atoms with van der Waals surface area (Å²) < 4.78 is 95.6. The van der Waals surface area contributed by atoms with Crippen molar-refractivity contribution in [3.63, 3.8) is 0 Å². The van der Waals surface area contributed by atoms with Gasteiger partial charge in [0.05, 0.1) is 9.79 Å². The molecule has 0 N–H and O–H groups in total. The molecule has 2 aliphatic rings. The number of rotatable bonds is 6. The Morgan fingerprint density at radius 3 is 1.75 bits per heavy atom. The van der Waals surface area contributed by atoms with Gasteiger partial charge in [0.15, 0.2) is 0 Å². The lowest BCUT2D eigenvalue weighted by atomic mass is 9.74. The Kier molecular flexibility index (Phi) is 5.99. The molecule has 0 aliphatic carbocycles. The van der Waals surface area contributed by atoms with Gasteiger partial charge in [-0.25, -0.2) is 21.2 Å². The molecule has 0 saturated carbocycles. The molecule has 4 rings (SSSR count). The van der Waals surface area contributed by atoms with Crippen LogP contribution in [0, 0.1) is 11.2 Å². The van der Waals surface area contributed by atoms with Crippen LogP contribution in [0.2, 0.25) is 0 Å². The van der Waals surface area contributed by atoms with Gasteiger partial charge in [-0.05, 0) is 61.4 Å². The van der Waals surface area contributed by atoms with Crippen LogP contribution in [0.5, 0.6) is 5.75 Å². The van der Waals surface area contributed by atoms with Crippen molar-refractivity contribution in [2.45, 2.75) is 29.2 Å². The number of ether oxygens (including phenoxy) is 1. The summed E-state index contributed by atoms with van der Waals surface area (Å²) in [6, 6.07) is 9.43. The highest BCUT2D eigenvalue weighted by atomic mass is 32.2. The summed E-state index contributed by atoms with van der Waals surface area (Å²) in [7, 11) is -7.53. The Labute approximate surface area is 184 Å². The molecule has 0 atom stereocenters. The maximum Gasteiger partial charge on any atom is 0.387 e. The first-order chi connectivity index (χ1) is 15.0. The number of nitrogens with zero attached hydrogens (tertiary/aromatic N) is 2. The Morgan fingerprint density at radius 2 is 1.25 bits per heavy atom. The molecule has 2 aromatic rings. The Bertz CT molecular complexity index is 1170. The lowest BCUT2D eigenvalue weighted by Crippen LogP contribution is -2.62. The molecule has 2 saturated heterocycles. The third kappa shape index (κ3) is 4.36. The second kappa shape index (κ2) is 8.32. The highest BCUT2D eigenvalue weighted by molar-refractivity contribution is 7.89. The second-order valence-corrected chi connectivity index (χ2v) is 11.9. The van der Waals surface area contributed by atoms with Crippen LogP contribution in [-0.2, 0) is 20.0 Å². The topological polar surface area (TPSA) is 84.0 Å². The number of piperidine rings is 1. The number of sulfonamides is 2. The fraction of sp³-hybridized carbons (Fsp3) is 0.400. The molecule has 2 aliphatic heterocycles. The Hall–Kier alpha value is -2.15. The van der Waals surface area contributed by atoms with Crippen molar-refractivity contribution in [1.29, 1.82) is 0 Å². The maximum atomic E-state index is 13.1. The van der Waals surface area contributed by atoms with Crippen molar-refractivity contribution < 1.29 is 34.7 Å². The third-order valence-corrected chi connectivity index (χ3v) is 9.66. The zero-order valence-electron chi connectivity index (χ0n) is 16.8. The molecule has 0 bridgehead atoms. The van der Waals surface area contributed by atoms with Gasteiger partial charge in [0.1, 0.15) is 11.6 Å². The van der Waals surface area contributed by atoms with Gasteiger partial charge in [-0.3, -0.25) is 0 Å². The molecule has 0 aromatic heterocycles. The van der Waals surface area contributed by atoms with E-state index in [1.165, 1.54) is 45.0 Å². The van der Waals surface area contributed by atoms with Crippen molar-refractivity contribution in [2.75, 3.05) is 26.2 Å². The van der Waals surface area contributed by atoms with Gasteiger partial charge < -0.3 is 4.74 Å². The summed E-state index contributed by atoms with van der Waals surface area (Å²) >= 11 is 0. The lowest BCUT2D eigenvalue weighted by Gasteiger charge is -2.52. The molecule has 1 spiro atoms. The smallest absolute Gasteiger partial charge is 0.387 e. The normalized spacial score (nSPS) is 19.8.